The topological polar surface area (TPSA) is 94.4 Å². The molecule has 0 bridgehead atoms. The van der Waals surface area contributed by atoms with Gasteiger partial charge >= 0.3 is 0 Å². The monoisotopic (exact) mass is 289 g/mol. The van der Waals surface area contributed by atoms with E-state index in [1.807, 2.05) is 12.1 Å². The van der Waals surface area contributed by atoms with Crippen LogP contribution in [0, 0.1) is 5.92 Å². The van der Waals surface area contributed by atoms with Crippen molar-refractivity contribution in [3.05, 3.63) is 41.5 Å². The molecule has 1 aromatic carbocycles. The summed E-state index contributed by atoms with van der Waals surface area (Å²) in [6.45, 7) is 1.58. The van der Waals surface area contributed by atoms with Crippen molar-refractivity contribution in [3.63, 3.8) is 0 Å². The van der Waals surface area contributed by atoms with Crippen LogP contribution in [0.15, 0.2) is 28.8 Å². The molecule has 2 aromatic rings. The first-order valence-electron chi connectivity index (χ1n) is 7.14. The molecule has 1 aromatic heterocycles. The van der Waals surface area contributed by atoms with E-state index < -0.39 is 0 Å². The lowest BCUT2D eigenvalue weighted by molar-refractivity contribution is 0.185. The number of hydrogen-bond donors (Lipinski definition) is 2. The Balaban J connectivity index is 1.60. The largest absolute Gasteiger partial charge is 0.508 e. The molecule has 0 radical (unpaired) electrons. The predicted octanol–water partition coefficient (Wildman–Crippen LogP) is 1.60. The van der Waals surface area contributed by atoms with Crippen LogP contribution in [0.4, 0.5) is 0 Å². The van der Waals surface area contributed by atoms with Gasteiger partial charge in [0.2, 0.25) is 5.89 Å². The van der Waals surface area contributed by atoms with Gasteiger partial charge in [-0.1, -0.05) is 17.3 Å². The molecule has 6 nitrogen and oxygen atoms in total. The molecule has 3 N–H and O–H groups in total. The molecule has 2 heterocycles. The fraction of sp³-hybridized carbons (Fsp3) is 0.467. The molecule has 1 aliphatic heterocycles. The number of aromatic nitrogens is 2. The first-order chi connectivity index (χ1) is 10.2. The molecule has 1 fully saturated rings. The Hall–Kier alpha value is -1.92. The molecule has 1 saturated heterocycles. The second kappa shape index (κ2) is 6.24. The lowest BCUT2D eigenvalue weighted by Crippen LogP contribution is -2.14. The van der Waals surface area contributed by atoms with Crippen molar-refractivity contribution in [3.8, 4) is 5.75 Å². The maximum absolute atomic E-state index is 9.26. The fourth-order valence-corrected chi connectivity index (χ4v) is 2.48. The van der Waals surface area contributed by atoms with Crippen molar-refractivity contribution in [2.24, 2.45) is 11.7 Å². The van der Waals surface area contributed by atoms with Crippen molar-refractivity contribution >= 4 is 0 Å². The highest BCUT2D eigenvalue weighted by molar-refractivity contribution is 5.26. The number of rotatable bonds is 5. The third-order valence-corrected chi connectivity index (χ3v) is 3.69. The van der Waals surface area contributed by atoms with E-state index in [1.54, 1.807) is 12.1 Å². The van der Waals surface area contributed by atoms with Gasteiger partial charge in [0, 0.05) is 19.6 Å². The number of phenols is 1. The van der Waals surface area contributed by atoms with Gasteiger partial charge in [0.25, 0.3) is 0 Å². The van der Waals surface area contributed by atoms with Crippen LogP contribution in [0.25, 0.3) is 0 Å². The van der Waals surface area contributed by atoms with Gasteiger partial charge in [-0.15, -0.1) is 0 Å². The number of phenolic OH excluding ortho intramolecular Hbond substituents is 1. The highest BCUT2D eigenvalue weighted by Crippen LogP contribution is 2.20. The van der Waals surface area contributed by atoms with Gasteiger partial charge in [-0.05, 0) is 36.5 Å². The van der Waals surface area contributed by atoms with Crippen LogP contribution in [0.1, 0.15) is 29.7 Å². The average molecular weight is 289 g/mol. The van der Waals surface area contributed by atoms with Gasteiger partial charge in [0.1, 0.15) is 5.75 Å². The number of ether oxygens (including phenoxy) is 1. The second-order valence-electron chi connectivity index (χ2n) is 5.46. The molecule has 112 valence electrons. The summed E-state index contributed by atoms with van der Waals surface area (Å²) in [5.74, 6) is 1.87. The Labute approximate surface area is 122 Å². The summed E-state index contributed by atoms with van der Waals surface area (Å²) >= 11 is 0. The Bertz CT molecular complexity index is 576. The summed E-state index contributed by atoms with van der Waals surface area (Å²) in [5.41, 5.74) is 7.12. The van der Waals surface area contributed by atoms with Gasteiger partial charge in [0.05, 0.1) is 6.04 Å². The third kappa shape index (κ3) is 3.59. The Morgan fingerprint density at radius 3 is 2.86 bits per heavy atom. The van der Waals surface area contributed by atoms with Crippen LogP contribution in [0.5, 0.6) is 5.75 Å². The van der Waals surface area contributed by atoms with Gasteiger partial charge in [-0.25, -0.2) is 0 Å². The van der Waals surface area contributed by atoms with E-state index in [9.17, 15) is 5.11 Å². The Morgan fingerprint density at radius 2 is 2.14 bits per heavy atom. The maximum Gasteiger partial charge on any atom is 0.243 e. The molecule has 0 aliphatic carbocycles. The second-order valence-corrected chi connectivity index (χ2v) is 5.46. The zero-order chi connectivity index (χ0) is 14.7. The Morgan fingerprint density at radius 1 is 1.33 bits per heavy atom. The average Bonchev–Trinajstić information content (AvgIpc) is 3.13. The number of aromatic hydroxyl groups is 1. The minimum absolute atomic E-state index is 0.242. The van der Waals surface area contributed by atoms with E-state index in [1.165, 1.54) is 0 Å². The molecule has 1 aliphatic rings. The zero-order valence-corrected chi connectivity index (χ0v) is 11.7. The van der Waals surface area contributed by atoms with Gasteiger partial charge < -0.3 is 20.1 Å². The van der Waals surface area contributed by atoms with Crippen molar-refractivity contribution in [1.82, 2.24) is 10.1 Å². The van der Waals surface area contributed by atoms with Crippen molar-refractivity contribution < 1.29 is 14.4 Å². The van der Waals surface area contributed by atoms with Gasteiger partial charge in [-0.3, -0.25) is 0 Å². The molecule has 3 rings (SSSR count). The predicted molar refractivity (Wildman–Crippen MR) is 75.7 cm³/mol. The zero-order valence-electron chi connectivity index (χ0n) is 11.7. The lowest BCUT2D eigenvalue weighted by Gasteiger charge is -2.06. The molecule has 2 atom stereocenters. The van der Waals surface area contributed by atoms with Crippen LogP contribution >= 0.6 is 0 Å². The molecule has 0 amide bonds. The minimum Gasteiger partial charge on any atom is -0.508 e. The SMILES string of the molecule is NC(Cc1ccc(O)cc1)c1nc(CC2CCOC2)no1. The molecule has 0 saturated carbocycles. The summed E-state index contributed by atoms with van der Waals surface area (Å²) in [5, 5.41) is 13.3. The first-order valence-corrected chi connectivity index (χ1v) is 7.14. The van der Waals surface area contributed by atoms with Crippen LogP contribution < -0.4 is 5.73 Å². The lowest BCUT2D eigenvalue weighted by atomic mass is 10.0. The minimum atomic E-state index is -0.337. The van der Waals surface area contributed by atoms with Crippen LogP contribution in [0.2, 0.25) is 0 Å². The molecule has 2 unspecified atom stereocenters. The number of benzene rings is 1. The molecule has 6 heteroatoms. The van der Waals surface area contributed by atoms with E-state index in [-0.39, 0.29) is 11.8 Å². The van der Waals surface area contributed by atoms with Crippen LogP contribution in [-0.4, -0.2) is 28.5 Å². The van der Waals surface area contributed by atoms with E-state index in [2.05, 4.69) is 10.1 Å². The van der Waals surface area contributed by atoms with Crippen molar-refractivity contribution in [2.45, 2.75) is 25.3 Å². The van der Waals surface area contributed by atoms with E-state index in [0.29, 0.717) is 24.1 Å². The van der Waals surface area contributed by atoms with Crippen LogP contribution in [0.3, 0.4) is 0 Å². The summed E-state index contributed by atoms with van der Waals surface area (Å²) in [6, 6.07) is 6.61. The fourth-order valence-electron chi connectivity index (χ4n) is 2.48. The third-order valence-electron chi connectivity index (χ3n) is 3.69. The summed E-state index contributed by atoms with van der Waals surface area (Å²) in [4.78, 5) is 4.38. The van der Waals surface area contributed by atoms with Gasteiger partial charge in [0.15, 0.2) is 5.82 Å². The van der Waals surface area contributed by atoms with E-state index in [0.717, 1.165) is 31.6 Å². The molecule has 21 heavy (non-hydrogen) atoms. The summed E-state index contributed by atoms with van der Waals surface area (Å²) < 4.78 is 10.6. The maximum atomic E-state index is 9.26. The summed E-state index contributed by atoms with van der Waals surface area (Å²) in [6.07, 6.45) is 2.41. The number of nitrogens with zero attached hydrogens (tertiary/aromatic N) is 2. The standard InChI is InChI=1S/C15H19N3O3/c16-13(7-10-1-3-12(19)4-2-10)15-17-14(18-21-15)8-11-5-6-20-9-11/h1-4,11,13,19H,5-9,16H2. The smallest absolute Gasteiger partial charge is 0.243 e. The highest BCUT2D eigenvalue weighted by Gasteiger charge is 2.21. The quantitative estimate of drug-likeness (QED) is 0.868. The van der Waals surface area contributed by atoms with Crippen LogP contribution in [-0.2, 0) is 17.6 Å². The Kier molecular flexibility index (Phi) is 4.17. The molecular formula is C15H19N3O3. The molecule has 0 spiro atoms. The first kappa shape index (κ1) is 14.0. The normalized spacial score (nSPS) is 19.8. The summed E-state index contributed by atoms with van der Waals surface area (Å²) in [7, 11) is 0. The van der Waals surface area contributed by atoms with E-state index in [4.69, 9.17) is 15.0 Å². The van der Waals surface area contributed by atoms with Crippen molar-refractivity contribution in [2.75, 3.05) is 13.2 Å². The number of hydrogen-bond acceptors (Lipinski definition) is 6. The highest BCUT2D eigenvalue weighted by atomic mass is 16.5. The molecular weight excluding hydrogens is 270 g/mol. The van der Waals surface area contributed by atoms with E-state index >= 15 is 0 Å². The number of nitrogens with two attached hydrogens (primary N) is 1. The van der Waals surface area contributed by atoms with Crippen molar-refractivity contribution in [1.29, 1.82) is 0 Å². The van der Waals surface area contributed by atoms with Gasteiger partial charge in [-0.2, -0.15) is 4.98 Å².